The molecule has 7 aliphatic carbocycles. The summed E-state index contributed by atoms with van der Waals surface area (Å²) in [6.07, 6.45) is 13.0. The Labute approximate surface area is 226 Å². The molecule has 0 N–H and O–H groups in total. The van der Waals surface area contributed by atoms with Crippen molar-refractivity contribution in [3.63, 3.8) is 0 Å². The quantitative estimate of drug-likeness (QED) is 0.368. The van der Waals surface area contributed by atoms with Gasteiger partial charge >= 0.3 is 0 Å². The van der Waals surface area contributed by atoms with Gasteiger partial charge in [-0.05, 0) is 122 Å². The van der Waals surface area contributed by atoms with Crippen LogP contribution in [0.15, 0.2) is 60.7 Å². The highest BCUT2D eigenvalue weighted by Crippen LogP contribution is 2.77. The van der Waals surface area contributed by atoms with Gasteiger partial charge in [-0.15, -0.1) is 0 Å². The summed E-state index contributed by atoms with van der Waals surface area (Å²) in [5, 5.41) is 0. The van der Waals surface area contributed by atoms with E-state index in [1.165, 1.54) is 80.2 Å². The molecular formula is C35H37N3. The Kier molecular flexibility index (Phi) is 4.06. The average Bonchev–Trinajstić information content (AvgIpc) is 3.44. The number of benzene rings is 2. The summed E-state index contributed by atoms with van der Waals surface area (Å²) in [4.78, 5) is 13.7. The molecule has 6 bridgehead atoms. The average molecular weight is 500 g/mol. The van der Waals surface area contributed by atoms with E-state index in [9.17, 15) is 0 Å². The van der Waals surface area contributed by atoms with Gasteiger partial charge in [-0.25, -0.2) is 9.97 Å². The second kappa shape index (κ2) is 7.29. The van der Waals surface area contributed by atoms with E-state index in [2.05, 4.69) is 65.6 Å². The Hall–Kier alpha value is -2.68. The van der Waals surface area contributed by atoms with Crippen molar-refractivity contribution in [2.24, 2.45) is 40.9 Å². The molecule has 0 amide bonds. The summed E-state index contributed by atoms with van der Waals surface area (Å²) in [5.74, 6) is 7.40. The maximum absolute atomic E-state index is 5.56. The topological polar surface area (TPSA) is 29.0 Å². The lowest BCUT2D eigenvalue weighted by molar-refractivity contribution is -0.136. The zero-order valence-electron chi connectivity index (χ0n) is 22.2. The molecule has 8 fully saturated rings. The molecule has 3 nitrogen and oxygen atoms in total. The molecule has 2 heterocycles. The lowest BCUT2D eigenvalue weighted by Gasteiger charge is -2.67. The molecule has 192 valence electrons. The van der Waals surface area contributed by atoms with Crippen LogP contribution in [0.4, 0.5) is 5.95 Å². The summed E-state index contributed by atoms with van der Waals surface area (Å²) in [5.41, 5.74) is 6.97. The van der Waals surface area contributed by atoms with E-state index >= 15 is 0 Å². The number of aromatic nitrogens is 2. The molecule has 3 heteroatoms. The van der Waals surface area contributed by atoms with Crippen LogP contribution in [0.3, 0.4) is 0 Å². The fourth-order valence-electron chi connectivity index (χ4n) is 11.7. The molecule has 1 aliphatic heterocycles. The molecule has 2 aromatic carbocycles. The van der Waals surface area contributed by atoms with Crippen LogP contribution < -0.4 is 4.90 Å². The van der Waals surface area contributed by atoms with Gasteiger partial charge in [0.05, 0.1) is 11.4 Å². The summed E-state index contributed by atoms with van der Waals surface area (Å²) in [6.45, 7) is 0. The summed E-state index contributed by atoms with van der Waals surface area (Å²) >= 11 is 0. The fourth-order valence-corrected chi connectivity index (χ4v) is 11.7. The minimum absolute atomic E-state index is 0.639. The maximum atomic E-state index is 5.56. The van der Waals surface area contributed by atoms with Crippen molar-refractivity contribution in [3.05, 3.63) is 66.4 Å². The number of nitrogens with zero attached hydrogens (tertiary/aromatic N) is 3. The standard InChI is InChI=1S/C35H37N3/c1-2-5-22(6-3-1)23-7-4-8-24(14-23)30-18-31(33-25-10-20-9-21(12-25)13-26(33)11-20)37-34(36-30)38-29-16-27-15-28-17-32(38)35(27,28)19-29/h1-8,14,18,20-21,25-29,32-33H,9-13,15-17,19H2. The number of hydrogen-bond donors (Lipinski definition) is 0. The summed E-state index contributed by atoms with van der Waals surface area (Å²) in [7, 11) is 0. The van der Waals surface area contributed by atoms with Crippen LogP contribution in [-0.4, -0.2) is 22.1 Å². The zero-order chi connectivity index (χ0) is 24.6. The maximum Gasteiger partial charge on any atom is 0.226 e. The Bertz CT molecular complexity index is 1390. The van der Waals surface area contributed by atoms with Gasteiger partial charge in [0.15, 0.2) is 0 Å². The van der Waals surface area contributed by atoms with E-state index in [0.717, 1.165) is 47.1 Å². The number of fused-ring (bicyclic) bond motifs is 1. The van der Waals surface area contributed by atoms with Crippen molar-refractivity contribution >= 4 is 5.95 Å². The van der Waals surface area contributed by atoms with Crippen LogP contribution in [0.1, 0.15) is 69.4 Å². The van der Waals surface area contributed by atoms with E-state index in [1.54, 1.807) is 0 Å². The van der Waals surface area contributed by atoms with Gasteiger partial charge < -0.3 is 4.90 Å². The van der Waals surface area contributed by atoms with Crippen molar-refractivity contribution < 1.29 is 0 Å². The van der Waals surface area contributed by atoms with Gasteiger partial charge in [0.1, 0.15) is 0 Å². The molecule has 3 aromatic rings. The number of piperidine rings is 1. The molecule has 11 rings (SSSR count). The van der Waals surface area contributed by atoms with Crippen molar-refractivity contribution in [1.82, 2.24) is 9.97 Å². The molecule has 5 unspecified atom stereocenters. The Morgan fingerprint density at radius 1 is 0.658 bits per heavy atom. The van der Waals surface area contributed by atoms with Crippen LogP contribution in [0, 0.1) is 40.9 Å². The molecule has 0 radical (unpaired) electrons. The van der Waals surface area contributed by atoms with Crippen molar-refractivity contribution in [1.29, 1.82) is 0 Å². The molecule has 5 atom stereocenters. The predicted molar refractivity (Wildman–Crippen MR) is 151 cm³/mol. The highest BCUT2D eigenvalue weighted by Gasteiger charge is 2.76. The fraction of sp³-hybridized carbons (Fsp3) is 0.543. The van der Waals surface area contributed by atoms with Crippen LogP contribution in [-0.2, 0) is 0 Å². The van der Waals surface area contributed by atoms with Crippen molar-refractivity contribution in [2.45, 2.75) is 75.8 Å². The Balaban J connectivity index is 1.10. The zero-order valence-corrected chi connectivity index (χ0v) is 22.2. The highest BCUT2D eigenvalue weighted by molar-refractivity contribution is 5.72. The molecule has 38 heavy (non-hydrogen) atoms. The number of rotatable bonds is 4. The van der Waals surface area contributed by atoms with E-state index in [4.69, 9.17) is 9.97 Å². The largest absolute Gasteiger partial charge is 0.334 e. The summed E-state index contributed by atoms with van der Waals surface area (Å²) in [6, 6.07) is 23.7. The first-order chi connectivity index (χ1) is 18.7. The van der Waals surface area contributed by atoms with Crippen LogP contribution >= 0.6 is 0 Å². The first-order valence-electron chi connectivity index (χ1n) is 15.6. The van der Waals surface area contributed by atoms with Gasteiger partial charge in [-0.3, -0.25) is 0 Å². The van der Waals surface area contributed by atoms with Crippen LogP contribution in [0.25, 0.3) is 22.4 Å². The van der Waals surface area contributed by atoms with Crippen molar-refractivity contribution in [3.8, 4) is 22.4 Å². The van der Waals surface area contributed by atoms with E-state index in [-0.39, 0.29) is 0 Å². The van der Waals surface area contributed by atoms with E-state index in [0.29, 0.717) is 23.4 Å². The van der Waals surface area contributed by atoms with E-state index < -0.39 is 0 Å². The van der Waals surface area contributed by atoms with Gasteiger partial charge in [-0.2, -0.15) is 0 Å². The Morgan fingerprint density at radius 3 is 2.16 bits per heavy atom. The SMILES string of the molecule is c1ccc(-c2cccc(-c3cc(C4C5CC6CC(C5)CC4C6)nc(N4C5CC6CC7CC4C67C5)n3)c2)cc1. The minimum Gasteiger partial charge on any atom is -0.334 e. The lowest BCUT2D eigenvalue weighted by Crippen LogP contribution is -2.68. The van der Waals surface area contributed by atoms with Gasteiger partial charge in [-0.1, -0.05) is 48.5 Å². The predicted octanol–water partition coefficient (Wildman–Crippen LogP) is 7.73. The smallest absolute Gasteiger partial charge is 0.226 e. The molecule has 7 saturated carbocycles. The summed E-state index contributed by atoms with van der Waals surface area (Å²) < 4.78 is 0. The van der Waals surface area contributed by atoms with Crippen LogP contribution in [0.2, 0.25) is 0 Å². The van der Waals surface area contributed by atoms with Gasteiger partial charge in [0.25, 0.3) is 0 Å². The third kappa shape index (κ3) is 2.66. The van der Waals surface area contributed by atoms with Gasteiger partial charge in [0, 0.05) is 23.6 Å². The first-order valence-corrected chi connectivity index (χ1v) is 15.6. The number of hydrogen-bond acceptors (Lipinski definition) is 3. The molecule has 1 aromatic heterocycles. The highest BCUT2D eigenvalue weighted by atomic mass is 15.4. The molecule has 1 saturated heterocycles. The molecular weight excluding hydrogens is 462 g/mol. The van der Waals surface area contributed by atoms with Crippen molar-refractivity contribution in [2.75, 3.05) is 4.90 Å². The molecule has 8 aliphatic rings. The van der Waals surface area contributed by atoms with Crippen LogP contribution in [0.5, 0.6) is 0 Å². The Morgan fingerprint density at radius 2 is 1.39 bits per heavy atom. The third-order valence-electron chi connectivity index (χ3n) is 12.9. The first kappa shape index (κ1) is 21.2. The van der Waals surface area contributed by atoms with Gasteiger partial charge in [0.2, 0.25) is 5.95 Å². The lowest BCUT2D eigenvalue weighted by atomic mass is 9.41. The second-order valence-electron chi connectivity index (χ2n) is 14.4. The van der Waals surface area contributed by atoms with E-state index in [1.807, 2.05) is 0 Å². The minimum atomic E-state index is 0.639. The third-order valence-corrected chi connectivity index (χ3v) is 12.9. The normalized spacial score (nSPS) is 42.6. The second-order valence-corrected chi connectivity index (χ2v) is 14.4. The number of anilines is 1. The molecule has 1 spiro atoms. The monoisotopic (exact) mass is 499 g/mol.